The molecule has 1 amide bonds. The summed E-state index contributed by atoms with van der Waals surface area (Å²) in [6, 6.07) is 0. The van der Waals surface area contributed by atoms with E-state index in [1.807, 2.05) is 4.90 Å². The summed E-state index contributed by atoms with van der Waals surface area (Å²) in [5.41, 5.74) is 0. The molecule has 0 aromatic heterocycles. The third-order valence-electron chi connectivity index (χ3n) is 4.16. The normalized spacial score (nSPS) is 35.4. The molecule has 0 N–H and O–H groups in total. The first-order valence-corrected chi connectivity index (χ1v) is 6.52. The summed E-state index contributed by atoms with van der Waals surface area (Å²) >= 11 is 0. The first-order chi connectivity index (χ1) is 7.70. The number of hydrogen-bond acceptors (Lipinski definition) is 2. The molecule has 2 aliphatic rings. The van der Waals surface area contributed by atoms with Crippen LogP contribution in [0.25, 0.3) is 0 Å². The minimum atomic E-state index is 0.270. The summed E-state index contributed by atoms with van der Waals surface area (Å²) in [5.74, 6) is 1.49. The predicted octanol–water partition coefficient (Wildman–Crippen LogP) is 2.06. The number of rotatable bonds is 2. The fourth-order valence-electron chi connectivity index (χ4n) is 2.89. The molecule has 2 rings (SSSR count). The average Bonchev–Trinajstić information content (AvgIpc) is 2.77. The fourth-order valence-corrected chi connectivity index (χ4v) is 2.89. The van der Waals surface area contributed by atoms with Gasteiger partial charge < -0.3 is 9.64 Å². The van der Waals surface area contributed by atoms with E-state index in [1.165, 1.54) is 12.8 Å². The van der Waals surface area contributed by atoms with Crippen molar-refractivity contribution in [3.63, 3.8) is 0 Å². The molecule has 16 heavy (non-hydrogen) atoms. The highest BCUT2D eigenvalue weighted by Crippen LogP contribution is 2.30. The van der Waals surface area contributed by atoms with Crippen LogP contribution in [0.15, 0.2) is 0 Å². The number of amides is 1. The van der Waals surface area contributed by atoms with Crippen molar-refractivity contribution >= 4 is 5.91 Å². The molecule has 0 radical (unpaired) electrons. The molecular formula is C13H23NO2. The lowest BCUT2D eigenvalue weighted by molar-refractivity contribution is -0.136. The fraction of sp³-hybridized carbons (Fsp3) is 0.923. The zero-order valence-corrected chi connectivity index (χ0v) is 10.4. The minimum Gasteiger partial charge on any atom is -0.380 e. The highest BCUT2D eigenvalue weighted by Gasteiger charge is 2.32. The summed E-state index contributed by atoms with van der Waals surface area (Å²) in [6.07, 6.45) is 5.90. The van der Waals surface area contributed by atoms with Gasteiger partial charge in [0, 0.05) is 26.1 Å². The van der Waals surface area contributed by atoms with E-state index in [4.69, 9.17) is 4.74 Å². The second kappa shape index (κ2) is 5.17. The second-order valence-corrected chi connectivity index (χ2v) is 5.39. The van der Waals surface area contributed by atoms with Crippen LogP contribution in [0.1, 0.15) is 39.0 Å². The number of nitrogens with zero attached hydrogens (tertiary/aromatic N) is 1. The molecule has 92 valence electrons. The van der Waals surface area contributed by atoms with Gasteiger partial charge in [-0.05, 0) is 38.0 Å². The van der Waals surface area contributed by atoms with E-state index in [1.54, 1.807) is 7.11 Å². The quantitative estimate of drug-likeness (QED) is 0.720. The number of carbonyl (C=O) groups excluding carboxylic acids is 1. The smallest absolute Gasteiger partial charge is 0.225 e. The van der Waals surface area contributed by atoms with Crippen LogP contribution in [-0.2, 0) is 9.53 Å². The van der Waals surface area contributed by atoms with Crippen LogP contribution >= 0.6 is 0 Å². The van der Waals surface area contributed by atoms with Gasteiger partial charge in [0.15, 0.2) is 0 Å². The summed E-state index contributed by atoms with van der Waals surface area (Å²) in [5, 5.41) is 0. The lowest BCUT2D eigenvalue weighted by Crippen LogP contribution is -2.36. The standard InChI is InChI=1S/C13H23NO2/c1-10-3-5-11(6-4-10)13(15)14-8-7-12(9-14)16-2/h10-12H,3-9H2,1-2H3/t10-,11-,12-/m1/s1. The van der Waals surface area contributed by atoms with E-state index >= 15 is 0 Å². The zero-order chi connectivity index (χ0) is 11.5. The van der Waals surface area contributed by atoms with Crippen molar-refractivity contribution in [3.8, 4) is 0 Å². The summed E-state index contributed by atoms with van der Waals surface area (Å²) in [4.78, 5) is 14.2. The Labute approximate surface area is 98.1 Å². The lowest BCUT2D eigenvalue weighted by Gasteiger charge is -2.28. The van der Waals surface area contributed by atoms with Crippen molar-refractivity contribution in [1.82, 2.24) is 4.90 Å². The van der Waals surface area contributed by atoms with Crippen molar-refractivity contribution < 1.29 is 9.53 Å². The van der Waals surface area contributed by atoms with E-state index in [9.17, 15) is 4.79 Å². The SMILES string of the molecule is CO[C@@H]1CCN(C(=O)[C@H]2CC[C@H](C)CC2)C1. The van der Waals surface area contributed by atoms with Gasteiger partial charge in [0.05, 0.1) is 6.10 Å². The summed E-state index contributed by atoms with van der Waals surface area (Å²) in [6.45, 7) is 3.99. The topological polar surface area (TPSA) is 29.5 Å². The maximum Gasteiger partial charge on any atom is 0.225 e. The molecule has 1 heterocycles. The van der Waals surface area contributed by atoms with Crippen molar-refractivity contribution in [2.24, 2.45) is 11.8 Å². The molecule has 3 heteroatoms. The molecule has 1 saturated heterocycles. The van der Waals surface area contributed by atoms with E-state index < -0.39 is 0 Å². The van der Waals surface area contributed by atoms with Crippen molar-refractivity contribution in [2.75, 3.05) is 20.2 Å². The van der Waals surface area contributed by atoms with Gasteiger partial charge in [-0.25, -0.2) is 0 Å². The third kappa shape index (κ3) is 2.57. The number of carbonyl (C=O) groups is 1. The van der Waals surface area contributed by atoms with Crippen LogP contribution in [0, 0.1) is 11.8 Å². The Hall–Kier alpha value is -0.570. The van der Waals surface area contributed by atoms with Crippen LogP contribution in [0.2, 0.25) is 0 Å². The van der Waals surface area contributed by atoms with Crippen LogP contribution in [0.3, 0.4) is 0 Å². The molecule has 1 saturated carbocycles. The van der Waals surface area contributed by atoms with E-state index in [-0.39, 0.29) is 6.10 Å². The first kappa shape index (κ1) is 11.9. The van der Waals surface area contributed by atoms with E-state index in [0.29, 0.717) is 11.8 Å². The Morgan fingerprint density at radius 3 is 2.44 bits per heavy atom. The molecular weight excluding hydrogens is 202 g/mol. The van der Waals surface area contributed by atoms with Crippen molar-refractivity contribution in [1.29, 1.82) is 0 Å². The number of methoxy groups -OCH3 is 1. The molecule has 1 aliphatic carbocycles. The molecule has 0 aromatic rings. The molecule has 1 aliphatic heterocycles. The molecule has 0 aromatic carbocycles. The highest BCUT2D eigenvalue weighted by molar-refractivity contribution is 5.79. The first-order valence-electron chi connectivity index (χ1n) is 6.52. The van der Waals surface area contributed by atoms with E-state index in [0.717, 1.165) is 38.3 Å². The Morgan fingerprint density at radius 2 is 1.88 bits per heavy atom. The highest BCUT2D eigenvalue weighted by atomic mass is 16.5. The minimum absolute atomic E-state index is 0.270. The van der Waals surface area contributed by atoms with Gasteiger partial charge in [0.1, 0.15) is 0 Å². The van der Waals surface area contributed by atoms with Gasteiger partial charge in [-0.2, -0.15) is 0 Å². The number of hydrogen-bond donors (Lipinski definition) is 0. The number of likely N-dealkylation sites (tertiary alicyclic amines) is 1. The van der Waals surface area contributed by atoms with Crippen LogP contribution in [-0.4, -0.2) is 37.1 Å². The number of ether oxygens (including phenoxy) is 1. The predicted molar refractivity (Wildman–Crippen MR) is 63.1 cm³/mol. The Balaban J connectivity index is 1.83. The van der Waals surface area contributed by atoms with Gasteiger partial charge in [-0.1, -0.05) is 6.92 Å². The van der Waals surface area contributed by atoms with Gasteiger partial charge >= 0.3 is 0 Å². The molecule has 0 unspecified atom stereocenters. The molecule has 0 bridgehead atoms. The largest absolute Gasteiger partial charge is 0.380 e. The van der Waals surface area contributed by atoms with Gasteiger partial charge in [0.25, 0.3) is 0 Å². The Morgan fingerprint density at radius 1 is 1.19 bits per heavy atom. The van der Waals surface area contributed by atoms with Crippen molar-refractivity contribution in [3.05, 3.63) is 0 Å². The maximum absolute atomic E-state index is 12.2. The van der Waals surface area contributed by atoms with Crippen molar-refractivity contribution in [2.45, 2.75) is 45.1 Å². The molecule has 0 spiro atoms. The Kier molecular flexibility index (Phi) is 3.85. The van der Waals surface area contributed by atoms with Gasteiger partial charge in [-0.3, -0.25) is 4.79 Å². The monoisotopic (exact) mass is 225 g/mol. The molecule has 3 nitrogen and oxygen atoms in total. The van der Waals surface area contributed by atoms with Gasteiger partial charge in [-0.15, -0.1) is 0 Å². The summed E-state index contributed by atoms with van der Waals surface area (Å²) in [7, 11) is 1.74. The maximum atomic E-state index is 12.2. The third-order valence-corrected chi connectivity index (χ3v) is 4.16. The van der Waals surface area contributed by atoms with Crippen LogP contribution in [0.4, 0.5) is 0 Å². The van der Waals surface area contributed by atoms with Crippen LogP contribution in [0.5, 0.6) is 0 Å². The van der Waals surface area contributed by atoms with Crippen LogP contribution < -0.4 is 0 Å². The summed E-state index contributed by atoms with van der Waals surface area (Å²) < 4.78 is 5.30. The lowest BCUT2D eigenvalue weighted by atomic mass is 9.82. The van der Waals surface area contributed by atoms with Gasteiger partial charge in [0.2, 0.25) is 5.91 Å². The second-order valence-electron chi connectivity index (χ2n) is 5.39. The average molecular weight is 225 g/mol. The zero-order valence-electron chi connectivity index (χ0n) is 10.4. The Bertz CT molecular complexity index is 242. The molecule has 1 atom stereocenters. The molecule has 2 fully saturated rings. The van der Waals surface area contributed by atoms with E-state index in [2.05, 4.69) is 6.92 Å².